The monoisotopic (exact) mass is 552 g/mol. The average Bonchev–Trinajstić information content (AvgIpc) is 3.26. The Balaban J connectivity index is 1.73. The summed E-state index contributed by atoms with van der Waals surface area (Å²) in [6.45, 7) is 7.18. The van der Waals surface area contributed by atoms with Gasteiger partial charge in [0, 0.05) is 31.3 Å². The predicted octanol–water partition coefficient (Wildman–Crippen LogP) is 3.76. The van der Waals surface area contributed by atoms with Crippen LogP contribution in [0.25, 0.3) is 0 Å². The highest BCUT2D eigenvalue weighted by Crippen LogP contribution is 2.42. The molecular formula is C28H32N4O8. The molecule has 4 rings (SSSR count). The van der Waals surface area contributed by atoms with Gasteiger partial charge in [0.05, 0.1) is 23.1 Å². The van der Waals surface area contributed by atoms with Gasteiger partial charge in [0.2, 0.25) is 0 Å². The molecule has 2 aromatic rings. The number of nitro benzene ring substituents is 1. The van der Waals surface area contributed by atoms with Gasteiger partial charge in [0.1, 0.15) is 16.9 Å². The third-order valence-corrected chi connectivity index (χ3v) is 6.63. The molecule has 0 aromatic heterocycles. The van der Waals surface area contributed by atoms with E-state index in [2.05, 4.69) is 5.32 Å². The van der Waals surface area contributed by atoms with E-state index >= 15 is 0 Å². The number of carbonyl (C=O) groups excluding carboxylic acids is 3. The van der Waals surface area contributed by atoms with Crippen LogP contribution in [0.5, 0.6) is 5.75 Å². The molecule has 0 aliphatic carbocycles. The Morgan fingerprint density at radius 1 is 1.15 bits per heavy atom. The normalized spacial score (nSPS) is 20.9. The Morgan fingerprint density at radius 3 is 2.38 bits per heavy atom. The highest BCUT2D eigenvalue weighted by atomic mass is 16.6. The lowest BCUT2D eigenvalue weighted by Crippen LogP contribution is -2.67. The lowest BCUT2D eigenvalue weighted by Gasteiger charge is -2.46. The minimum atomic E-state index is -1.48. The largest absolute Gasteiger partial charge is 0.508 e. The summed E-state index contributed by atoms with van der Waals surface area (Å²) in [7, 11) is 0. The van der Waals surface area contributed by atoms with Crippen LogP contribution in [0.4, 0.5) is 10.5 Å². The molecule has 1 fully saturated rings. The quantitative estimate of drug-likeness (QED) is 0.297. The van der Waals surface area contributed by atoms with Crippen LogP contribution in [0, 0.1) is 10.1 Å². The zero-order chi connectivity index (χ0) is 29.2. The molecule has 2 N–H and O–H groups in total. The summed E-state index contributed by atoms with van der Waals surface area (Å²) in [4.78, 5) is 50.8. The molecule has 212 valence electrons. The highest BCUT2D eigenvalue weighted by molar-refractivity contribution is 5.96. The summed E-state index contributed by atoms with van der Waals surface area (Å²) in [5.74, 6) is -1.05. The molecule has 40 heavy (non-hydrogen) atoms. The van der Waals surface area contributed by atoms with Gasteiger partial charge in [-0.25, -0.2) is 19.6 Å². The Bertz CT molecular complexity index is 1330. The number of fused-ring (bicyclic) bond motifs is 1. The van der Waals surface area contributed by atoms with E-state index in [0.29, 0.717) is 11.1 Å². The van der Waals surface area contributed by atoms with E-state index in [4.69, 9.17) is 9.47 Å². The smallest absolute Gasteiger partial charge is 0.408 e. The first-order chi connectivity index (χ1) is 18.8. The number of benzene rings is 2. The lowest BCUT2D eigenvalue weighted by molar-refractivity contribution is -0.384. The highest BCUT2D eigenvalue weighted by Gasteiger charge is 2.53. The number of hydrogen-bond donors (Lipinski definition) is 2. The van der Waals surface area contributed by atoms with Crippen molar-refractivity contribution in [1.82, 2.24) is 15.3 Å². The molecule has 12 nitrogen and oxygen atoms in total. The Kier molecular flexibility index (Phi) is 7.83. The molecule has 0 radical (unpaired) electrons. The molecule has 0 bridgehead atoms. The summed E-state index contributed by atoms with van der Waals surface area (Å²) >= 11 is 0. The van der Waals surface area contributed by atoms with E-state index in [1.807, 2.05) is 0 Å². The van der Waals surface area contributed by atoms with Crippen LogP contribution in [0.15, 0.2) is 60.3 Å². The number of ether oxygens (including phenoxy) is 2. The van der Waals surface area contributed by atoms with Gasteiger partial charge in [-0.3, -0.25) is 14.9 Å². The van der Waals surface area contributed by atoms with Crippen molar-refractivity contribution < 1.29 is 33.9 Å². The standard InChI is InChI=1S/C28H32N4O8/c1-5-39-24(34)22-17-31-25(35)28(29-26(36)40-27(2,3)4,16-18-6-10-20(11-7-18)32(37)38)14-15-30(31)23(22)19-8-12-21(33)13-9-19/h6-13,17,23,33H,5,14-16H2,1-4H3,(H,29,36). The van der Waals surface area contributed by atoms with Crippen LogP contribution in [0.2, 0.25) is 0 Å². The topological polar surface area (TPSA) is 152 Å². The molecule has 2 aliphatic rings. The van der Waals surface area contributed by atoms with Crippen LogP contribution < -0.4 is 5.32 Å². The number of nitro groups is 1. The van der Waals surface area contributed by atoms with E-state index < -0.39 is 40.1 Å². The molecule has 12 heteroatoms. The lowest BCUT2D eigenvalue weighted by atomic mass is 9.84. The second-order valence-corrected chi connectivity index (χ2v) is 10.7. The molecule has 0 spiro atoms. The van der Waals surface area contributed by atoms with Crippen LogP contribution in [-0.2, 0) is 25.5 Å². The number of rotatable bonds is 7. The molecule has 2 aromatic carbocycles. The van der Waals surface area contributed by atoms with Crippen LogP contribution in [-0.4, -0.2) is 62.3 Å². The van der Waals surface area contributed by atoms with Crippen molar-refractivity contribution in [3.05, 3.63) is 81.5 Å². The van der Waals surface area contributed by atoms with Crippen molar-refractivity contribution in [2.45, 2.75) is 57.7 Å². The first-order valence-electron chi connectivity index (χ1n) is 12.9. The van der Waals surface area contributed by atoms with E-state index in [0.717, 1.165) is 0 Å². The van der Waals surface area contributed by atoms with Crippen LogP contribution >= 0.6 is 0 Å². The van der Waals surface area contributed by atoms with Crippen molar-refractivity contribution in [1.29, 1.82) is 0 Å². The minimum absolute atomic E-state index is 0.0276. The number of phenols is 1. The van der Waals surface area contributed by atoms with Gasteiger partial charge in [-0.15, -0.1) is 0 Å². The fourth-order valence-corrected chi connectivity index (χ4v) is 4.90. The van der Waals surface area contributed by atoms with Gasteiger partial charge in [0.15, 0.2) is 0 Å². The Hall–Kier alpha value is -4.45. The number of nitrogens with zero attached hydrogens (tertiary/aromatic N) is 3. The average molecular weight is 553 g/mol. The van der Waals surface area contributed by atoms with E-state index in [9.17, 15) is 29.6 Å². The van der Waals surface area contributed by atoms with Gasteiger partial charge in [-0.1, -0.05) is 24.3 Å². The number of alkyl carbamates (subject to hydrolysis) is 1. The van der Waals surface area contributed by atoms with Gasteiger partial charge in [-0.2, -0.15) is 0 Å². The molecule has 2 aliphatic heterocycles. The summed E-state index contributed by atoms with van der Waals surface area (Å²) in [6, 6.07) is 11.4. The number of non-ortho nitro benzene ring substituents is 1. The van der Waals surface area contributed by atoms with E-state index in [1.54, 1.807) is 57.0 Å². The summed E-state index contributed by atoms with van der Waals surface area (Å²) in [5.41, 5.74) is -0.921. The van der Waals surface area contributed by atoms with Crippen molar-refractivity contribution >= 4 is 23.7 Å². The number of esters is 1. The number of carbonyl (C=O) groups is 3. The first-order valence-corrected chi connectivity index (χ1v) is 12.9. The molecule has 0 saturated carbocycles. The fourth-order valence-electron chi connectivity index (χ4n) is 4.90. The summed E-state index contributed by atoms with van der Waals surface area (Å²) < 4.78 is 10.7. The number of nitrogens with one attached hydrogen (secondary N) is 1. The molecule has 2 heterocycles. The molecule has 1 saturated heterocycles. The zero-order valence-electron chi connectivity index (χ0n) is 22.7. The number of hydrogen-bond acceptors (Lipinski definition) is 9. The molecular weight excluding hydrogens is 520 g/mol. The van der Waals surface area contributed by atoms with E-state index in [1.165, 1.54) is 35.5 Å². The predicted molar refractivity (Wildman–Crippen MR) is 143 cm³/mol. The zero-order valence-corrected chi connectivity index (χ0v) is 22.7. The molecule has 2 amide bonds. The maximum Gasteiger partial charge on any atom is 0.408 e. The van der Waals surface area contributed by atoms with Gasteiger partial charge in [0.25, 0.3) is 11.6 Å². The fraction of sp³-hybridized carbons (Fsp3) is 0.393. The van der Waals surface area contributed by atoms with Crippen LogP contribution in [0.3, 0.4) is 0 Å². The second kappa shape index (κ2) is 11.0. The van der Waals surface area contributed by atoms with E-state index in [-0.39, 0.29) is 43.0 Å². The SMILES string of the molecule is CCOC(=O)C1=CN2C(=O)C(Cc3ccc([N+](=O)[O-])cc3)(NC(=O)OC(C)(C)C)CCN2C1c1ccc(O)cc1. The first kappa shape index (κ1) is 28.6. The third kappa shape index (κ3) is 5.91. The van der Waals surface area contributed by atoms with Crippen molar-refractivity contribution in [2.75, 3.05) is 13.2 Å². The maximum absolute atomic E-state index is 14.2. The number of amides is 2. The number of phenolic OH excluding ortho intramolecular Hbond substituents is 1. The third-order valence-electron chi connectivity index (χ3n) is 6.63. The van der Waals surface area contributed by atoms with Crippen molar-refractivity contribution in [3.8, 4) is 5.75 Å². The number of aromatic hydroxyl groups is 1. The second-order valence-electron chi connectivity index (χ2n) is 10.7. The summed E-state index contributed by atoms with van der Waals surface area (Å²) in [5, 5.41) is 26.7. The Labute approximate surface area is 231 Å². The maximum atomic E-state index is 14.2. The molecule has 2 atom stereocenters. The van der Waals surface area contributed by atoms with Gasteiger partial charge in [-0.05, 0) is 57.4 Å². The number of hydrazine groups is 1. The van der Waals surface area contributed by atoms with Crippen molar-refractivity contribution in [3.63, 3.8) is 0 Å². The molecule has 2 unspecified atom stereocenters. The minimum Gasteiger partial charge on any atom is -0.508 e. The van der Waals surface area contributed by atoms with Crippen LogP contribution in [0.1, 0.15) is 51.3 Å². The van der Waals surface area contributed by atoms with Crippen molar-refractivity contribution in [2.24, 2.45) is 0 Å². The van der Waals surface area contributed by atoms with Gasteiger partial charge < -0.3 is 19.9 Å². The van der Waals surface area contributed by atoms with Gasteiger partial charge >= 0.3 is 12.1 Å². The Morgan fingerprint density at radius 2 is 1.80 bits per heavy atom. The summed E-state index contributed by atoms with van der Waals surface area (Å²) in [6.07, 6.45) is 0.801.